The van der Waals surface area contributed by atoms with Crippen LogP contribution in [0.2, 0.25) is 0 Å². The van der Waals surface area contributed by atoms with E-state index in [0.717, 1.165) is 0 Å². The van der Waals surface area contributed by atoms with Gasteiger partial charge in [-0.25, -0.2) is 13.6 Å². The van der Waals surface area contributed by atoms with Crippen molar-refractivity contribution in [2.75, 3.05) is 0 Å². The first-order valence-electron chi connectivity index (χ1n) is 4.11. The van der Waals surface area contributed by atoms with Crippen LogP contribution in [0.25, 0.3) is 0 Å². The highest BCUT2D eigenvalue weighted by Gasteiger charge is 2.74. The molecule has 0 fully saturated rings. The quantitative estimate of drug-likeness (QED) is 0.622. The van der Waals surface area contributed by atoms with Crippen LogP contribution in [0.5, 0.6) is 0 Å². The molecule has 0 heterocycles. The van der Waals surface area contributed by atoms with E-state index in [1.54, 1.807) is 0 Å². The van der Waals surface area contributed by atoms with Gasteiger partial charge in [0.05, 0.1) is 0 Å². The van der Waals surface area contributed by atoms with Gasteiger partial charge in [-0.15, -0.1) is 0 Å². The lowest BCUT2D eigenvalue weighted by Crippen LogP contribution is -2.56. The molecule has 10 heteroatoms. The zero-order valence-corrected chi connectivity index (χ0v) is 8.53. The van der Waals surface area contributed by atoms with Crippen LogP contribution in [0.1, 0.15) is 6.92 Å². The Hall–Kier alpha value is -1.35. The molecule has 0 spiro atoms. The second kappa shape index (κ2) is 4.73. The predicted molar refractivity (Wildman–Crippen MR) is 42.2 cm³/mol. The van der Waals surface area contributed by atoms with Crippen molar-refractivity contribution in [2.45, 2.75) is 31.1 Å². The van der Waals surface area contributed by atoms with E-state index in [2.05, 4.69) is 0 Å². The van der Waals surface area contributed by atoms with Gasteiger partial charge in [0.2, 0.25) is 0 Å². The molecule has 0 radical (unpaired) electrons. The summed E-state index contributed by atoms with van der Waals surface area (Å²) in [7, 11) is 0. The van der Waals surface area contributed by atoms with E-state index in [9.17, 15) is 39.9 Å². The molecule has 106 valence electrons. The Morgan fingerprint density at radius 3 is 1.78 bits per heavy atom. The topological polar surface area (TPSA) is 37.3 Å². The molecule has 0 aromatic heterocycles. The molecule has 0 aromatic carbocycles. The van der Waals surface area contributed by atoms with Gasteiger partial charge >= 0.3 is 30.2 Å². The second-order valence-corrected chi connectivity index (χ2v) is 3.25. The predicted octanol–water partition coefficient (Wildman–Crippen LogP) is 3.19. The van der Waals surface area contributed by atoms with Crippen LogP contribution in [0.15, 0.2) is 11.6 Å². The first-order chi connectivity index (χ1) is 7.77. The normalized spacial score (nSPS) is 15.1. The van der Waals surface area contributed by atoms with Crippen molar-refractivity contribution in [2.24, 2.45) is 0 Å². The minimum atomic E-state index is -6.43. The molecule has 0 rings (SSSR count). The van der Waals surface area contributed by atoms with E-state index < -0.39 is 41.8 Å². The van der Waals surface area contributed by atoms with Gasteiger partial charge in [0.15, 0.2) is 0 Å². The van der Waals surface area contributed by atoms with Crippen LogP contribution in [-0.4, -0.2) is 35.3 Å². The summed E-state index contributed by atoms with van der Waals surface area (Å²) in [5.41, 5.74) is -1.38. The lowest BCUT2D eigenvalue weighted by atomic mass is 10.0. The minimum Gasteiger partial charge on any atom is -0.478 e. The third-order valence-corrected chi connectivity index (χ3v) is 1.85. The van der Waals surface area contributed by atoms with Gasteiger partial charge in [-0.3, -0.25) is 0 Å². The van der Waals surface area contributed by atoms with Gasteiger partial charge in [0.25, 0.3) is 0 Å². The van der Waals surface area contributed by atoms with E-state index in [4.69, 9.17) is 5.11 Å². The molecule has 0 aliphatic carbocycles. The van der Waals surface area contributed by atoms with Crippen LogP contribution < -0.4 is 0 Å². The lowest BCUT2D eigenvalue weighted by molar-refractivity contribution is -0.325. The monoisotopic (exact) mass is 286 g/mol. The Labute approximate surface area is 94.9 Å². The van der Waals surface area contributed by atoms with Gasteiger partial charge in [0.1, 0.15) is 0 Å². The first-order valence-corrected chi connectivity index (χ1v) is 4.11. The Bertz CT molecular complexity index is 360. The number of hydrogen-bond donors (Lipinski definition) is 1. The highest BCUT2D eigenvalue weighted by molar-refractivity contribution is 5.86. The van der Waals surface area contributed by atoms with E-state index >= 15 is 0 Å². The highest BCUT2D eigenvalue weighted by Crippen LogP contribution is 2.49. The van der Waals surface area contributed by atoms with E-state index in [-0.39, 0.29) is 0 Å². The lowest BCUT2D eigenvalue weighted by Gasteiger charge is -2.30. The second-order valence-electron chi connectivity index (χ2n) is 3.25. The smallest absolute Gasteiger partial charge is 0.381 e. The largest absolute Gasteiger partial charge is 0.478 e. The molecule has 2 nitrogen and oxygen atoms in total. The van der Waals surface area contributed by atoms with Gasteiger partial charge in [0, 0.05) is 11.6 Å². The van der Waals surface area contributed by atoms with Crippen molar-refractivity contribution >= 4 is 5.97 Å². The number of rotatable bonds is 5. The summed E-state index contributed by atoms with van der Waals surface area (Å²) in [4.78, 5) is 10.1. The van der Waals surface area contributed by atoms with Gasteiger partial charge in [-0.1, -0.05) is 0 Å². The summed E-state index contributed by atoms with van der Waals surface area (Å²) in [6.45, 7) is 0.423. The Morgan fingerprint density at radius 1 is 1.11 bits per heavy atom. The number of carbonyl (C=O) groups is 1. The fraction of sp³-hybridized carbons (Fsp3) is 0.625. The third kappa shape index (κ3) is 2.72. The molecule has 0 amide bonds. The summed E-state index contributed by atoms with van der Waals surface area (Å²) in [5.74, 6) is -20.5. The molecule has 0 atom stereocenters. The fourth-order valence-corrected chi connectivity index (χ4v) is 0.784. The molecule has 0 aliphatic heterocycles. The molecule has 1 N–H and O–H groups in total. The van der Waals surface area contributed by atoms with Crippen molar-refractivity contribution in [1.29, 1.82) is 0 Å². The van der Waals surface area contributed by atoms with Crippen LogP contribution in [0.4, 0.5) is 35.1 Å². The number of carboxylic acid groups (broad SMARTS) is 1. The highest BCUT2D eigenvalue weighted by atomic mass is 19.4. The van der Waals surface area contributed by atoms with Crippen molar-refractivity contribution in [3.63, 3.8) is 0 Å². The number of hydrogen-bond acceptors (Lipinski definition) is 1. The minimum absolute atomic E-state index is 0.423. The number of aliphatic carboxylic acids is 1. The van der Waals surface area contributed by atoms with E-state index in [0.29, 0.717) is 6.92 Å². The number of carboxylic acids is 1. The summed E-state index contributed by atoms with van der Waals surface area (Å²) in [6, 6.07) is 0. The van der Waals surface area contributed by atoms with Crippen LogP contribution in [-0.2, 0) is 4.79 Å². The molecular formula is C8H6F8O2. The van der Waals surface area contributed by atoms with Crippen LogP contribution >= 0.6 is 0 Å². The van der Waals surface area contributed by atoms with Crippen molar-refractivity contribution in [1.82, 2.24) is 0 Å². The average molecular weight is 286 g/mol. The Balaban J connectivity index is 5.60. The molecule has 0 aliphatic rings. The number of alkyl halides is 8. The molecule has 18 heavy (non-hydrogen) atoms. The standard InChI is InChI=1S/C8H6F8O2/c1-3(4(17)18)2-6(11,12)8(15,16)7(13,14)5(9)10/h2,5H,1H3,(H,17,18). The first kappa shape index (κ1) is 16.6. The SMILES string of the molecule is CC(=CC(F)(F)C(F)(F)C(F)(F)C(F)F)C(=O)O. The number of allylic oxidation sites excluding steroid dienone is 1. The fourth-order valence-electron chi connectivity index (χ4n) is 0.784. The van der Waals surface area contributed by atoms with Crippen LogP contribution in [0.3, 0.4) is 0 Å². The van der Waals surface area contributed by atoms with E-state index in [1.807, 2.05) is 0 Å². The van der Waals surface area contributed by atoms with Gasteiger partial charge in [-0.2, -0.15) is 26.3 Å². The maximum atomic E-state index is 12.8. The molecule has 0 aromatic rings. The summed E-state index contributed by atoms with van der Waals surface area (Å²) in [6.07, 6.45) is -6.03. The summed E-state index contributed by atoms with van der Waals surface area (Å²) < 4.78 is 98.7. The molecule has 0 saturated heterocycles. The maximum absolute atomic E-state index is 12.8. The van der Waals surface area contributed by atoms with Gasteiger partial charge in [-0.05, 0) is 6.92 Å². The molecule has 0 saturated carbocycles. The molecule has 0 unspecified atom stereocenters. The van der Waals surface area contributed by atoms with Crippen molar-refractivity contribution in [3.05, 3.63) is 11.6 Å². The molecular weight excluding hydrogens is 280 g/mol. The van der Waals surface area contributed by atoms with Crippen LogP contribution in [0, 0.1) is 0 Å². The molecule has 0 bridgehead atoms. The zero-order chi connectivity index (χ0) is 14.9. The Kier molecular flexibility index (Phi) is 4.37. The Morgan fingerprint density at radius 2 is 1.50 bits per heavy atom. The summed E-state index contributed by atoms with van der Waals surface area (Å²) >= 11 is 0. The maximum Gasteiger partial charge on any atom is 0.381 e. The van der Waals surface area contributed by atoms with Crippen molar-refractivity contribution in [3.8, 4) is 0 Å². The third-order valence-electron chi connectivity index (χ3n) is 1.85. The summed E-state index contributed by atoms with van der Waals surface area (Å²) in [5, 5.41) is 8.14. The van der Waals surface area contributed by atoms with Gasteiger partial charge < -0.3 is 5.11 Å². The number of halogens is 8. The zero-order valence-electron chi connectivity index (χ0n) is 8.53. The van der Waals surface area contributed by atoms with E-state index in [1.165, 1.54) is 0 Å². The van der Waals surface area contributed by atoms with Crippen molar-refractivity contribution < 1.29 is 45.0 Å². The average Bonchev–Trinajstić information content (AvgIpc) is 2.15.